The summed E-state index contributed by atoms with van der Waals surface area (Å²) in [5.41, 5.74) is 2.44. The third-order valence-electron chi connectivity index (χ3n) is 5.67. The van der Waals surface area contributed by atoms with Crippen molar-refractivity contribution in [3.63, 3.8) is 0 Å². The van der Waals surface area contributed by atoms with Gasteiger partial charge in [-0.2, -0.15) is 26.3 Å². The second-order valence-corrected chi connectivity index (χ2v) is 9.40. The van der Waals surface area contributed by atoms with Crippen molar-refractivity contribution in [1.82, 2.24) is 0 Å². The van der Waals surface area contributed by atoms with Crippen LogP contribution in [0.25, 0.3) is 9.81 Å². The summed E-state index contributed by atoms with van der Waals surface area (Å²) in [6, 6.07) is 23.7. The molecule has 0 nitrogen and oxygen atoms in total. The molecule has 4 aromatic rings. The summed E-state index contributed by atoms with van der Waals surface area (Å²) in [5, 5.41) is 0. The molecule has 4 rings (SSSR count). The Kier molecular flexibility index (Phi) is 8.73. The molecule has 0 heterocycles. The van der Waals surface area contributed by atoms with Crippen molar-refractivity contribution < 1.29 is 26.3 Å². The van der Waals surface area contributed by atoms with Crippen molar-refractivity contribution >= 4 is 35.1 Å². The largest absolute Gasteiger partial charge is 0.416 e. The predicted molar refractivity (Wildman–Crippen MR) is 153 cm³/mol. The molecule has 0 atom stereocenters. The fourth-order valence-electron chi connectivity index (χ4n) is 3.47. The van der Waals surface area contributed by atoms with Crippen molar-refractivity contribution in [3.05, 3.63) is 142 Å². The van der Waals surface area contributed by atoms with Crippen LogP contribution in [0.4, 0.5) is 26.3 Å². The molecule has 0 fully saturated rings. The predicted octanol–water partition coefficient (Wildman–Crippen LogP) is 9.21. The van der Waals surface area contributed by atoms with Crippen LogP contribution in [-0.4, -0.2) is 0 Å². The minimum absolute atomic E-state index is 0.469. The van der Waals surface area contributed by atoms with Crippen LogP contribution in [0.5, 0.6) is 0 Å². The minimum Gasteiger partial charge on any atom is -0.166 e. The second-order valence-electron chi connectivity index (χ2n) is 8.50. The van der Waals surface area contributed by atoms with Crippen molar-refractivity contribution in [2.24, 2.45) is 0 Å². The molecule has 0 aromatic heterocycles. The van der Waals surface area contributed by atoms with E-state index in [0.29, 0.717) is 32.1 Å². The van der Waals surface area contributed by atoms with Gasteiger partial charge in [0.25, 0.3) is 0 Å². The molecule has 0 N–H and O–H groups in total. The van der Waals surface area contributed by atoms with Crippen LogP contribution in [0, 0.1) is 23.7 Å². The van der Waals surface area contributed by atoms with Crippen LogP contribution >= 0.6 is 25.3 Å². The summed E-state index contributed by atoms with van der Waals surface area (Å²) in [6.45, 7) is 0. The first-order valence-corrected chi connectivity index (χ1v) is 12.5. The van der Waals surface area contributed by atoms with Crippen molar-refractivity contribution in [2.45, 2.75) is 12.4 Å². The molecule has 0 bridgehead atoms. The molecule has 0 amide bonds. The summed E-state index contributed by atoms with van der Waals surface area (Å²) in [7, 11) is 0. The molecule has 0 spiro atoms. The Balaban J connectivity index is 1.44. The zero-order chi connectivity index (χ0) is 28.9. The van der Waals surface area contributed by atoms with Crippen molar-refractivity contribution in [2.75, 3.05) is 0 Å². The third kappa shape index (κ3) is 7.57. The van der Waals surface area contributed by atoms with E-state index in [1.165, 1.54) is 24.3 Å². The van der Waals surface area contributed by atoms with Gasteiger partial charge < -0.3 is 0 Å². The Labute approximate surface area is 238 Å². The van der Waals surface area contributed by atoms with Crippen LogP contribution in [0.3, 0.4) is 0 Å². The first-order chi connectivity index (χ1) is 18.9. The average Bonchev–Trinajstić information content (AvgIpc) is 2.94. The molecule has 0 saturated heterocycles. The van der Waals surface area contributed by atoms with Crippen molar-refractivity contribution in [3.8, 4) is 23.7 Å². The van der Waals surface area contributed by atoms with Crippen LogP contribution in [-0.2, 0) is 12.4 Å². The van der Waals surface area contributed by atoms with Gasteiger partial charge in [-0.15, -0.1) is 25.3 Å². The van der Waals surface area contributed by atoms with E-state index in [1.54, 1.807) is 24.3 Å². The minimum atomic E-state index is -4.39. The highest BCUT2D eigenvalue weighted by Gasteiger charge is 2.30. The topological polar surface area (TPSA) is 0 Å². The van der Waals surface area contributed by atoms with Gasteiger partial charge in [-0.3, -0.25) is 0 Å². The fourth-order valence-corrected chi connectivity index (χ4v) is 4.03. The molecule has 0 aliphatic rings. The molecule has 8 heteroatoms. The third-order valence-corrected chi connectivity index (χ3v) is 6.81. The number of hydrogen-bond donors (Lipinski definition) is 2. The Morgan fingerprint density at radius 2 is 0.625 bits per heavy atom. The van der Waals surface area contributed by atoms with Gasteiger partial charge in [0.15, 0.2) is 0 Å². The molecule has 0 aliphatic heterocycles. The van der Waals surface area contributed by atoms with E-state index in [0.717, 1.165) is 35.4 Å². The van der Waals surface area contributed by atoms with Gasteiger partial charge >= 0.3 is 12.4 Å². The van der Waals surface area contributed by atoms with Crippen molar-refractivity contribution in [1.29, 1.82) is 0 Å². The van der Waals surface area contributed by atoms with Gasteiger partial charge in [-0.1, -0.05) is 47.9 Å². The Hall–Kier alpha value is -3.98. The van der Waals surface area contributed by atoms with E-state index in [-0.39, 0.29) is 0 Å². The lowest BCUT2D eigenvalue weighted by Crippen LogP contribution is -2.04. The Bertz CT molecular complexity index is 1510. The molecular weight excluding hydrogens is 562 g/mol. The summed E-state index contributed by atoms with van der Waals surface area (Å²) >= 11 is 9.23. The number of thiol groups is 2. The van der Waals surface area contributed by atoms with Gasteiger partial charge in [-0.05, 0) is 83.9 Å². The van der Waals surface area contributed by atoms with Crippen LogP contribution in [0.1, 0.15) is 44.5 Å². The summed E-state index contributed by atoms with van der Waals surface area (Å²) in [5.74, 6) is 11.6. The van der Waals surface area contributed by atoms with Gasteiger partial charge in [-0.25, -0.2) is 0 Å². The zero-order valence-corrected chi connectivity index (χ0v) is 22.2. The molecule has 0 radical (unpaired) electrons. The van der Waals surface area contributed by atoms with E-state index in [1.807, 2.05) is 24.3 Å². The molecule has 0 saturated carbocycles. The van der Waals surface area contributed by atoms with Crippen LogP contribution < -0.4 is 0 Å². The molecule has 200 valence electrons. The Morgan fingerprint density at radius 3 is 0.850 bits per heavy atom. The fraction of sp³-hybridized carbons (Fsp3) is 0.0625. The van der Waals surface area contributed by atoms with E-state index in [2.05, 4.69) is 48.9 Å². The normalized spacial score (nSPS) is 12.0. The second kappa shape index (κ2) is 12.0. The monoisotopic (exact) mass is 580 g/mol. The maximum Gasteiger partial charge on any atom is 0.416 e. The highest BCUT2D eigenvalue weighted by atomic mass is 32.1. The van der Waals surface area contributed by atoms with E-state index in [4.69, 9.17) is 0 Å². The molecule has 0 aliphatic carbocycles. The lowest BCUT2D eigenvalue weighted by atomic mass is 10.1. The number of alkyl halides is 6. The number of benzene rings is 4. The summed E-state index contributed by atoms with van der Waals surface area (Å²) < 4.78 is 76.2. The quantitative estimate of drug-likeness (QED) is 0.100. The average molecular weight is 581 g/mol. The smallest absolute Gasteiger partial charge is 0.166 e. The maximum absolute atomic E-state index is 12.7. The van der Waals surface area contributed by atoms with Crippen LogP contribution in [0.2, 0.25) is 0 Å². The first kappa shape index (κ1) is 29.0. The highest BCUT2D eigenvalue weighted by Crippen LogP contribution is 2.33. The summed E-state index contributed by atoms with van der Waals surface area (Å²) in [6.07, 6.45) is -8.78. The molecular formula is C32H18F6S2. The van der Waals surface area contributed by atoms with E-state index >= 15 is 0 Å². The molecule has 4 aromatic carbocycles. The standard InChI is InChI=1S/C32H18F6S2/c33-31(34,35)27-17-9-23(10-18-27)3-1-21-5-13-25(14-6-21)29(39)30(40)26-15-7-22(8-16-26)2-4-24-11-19-28(20-12-24)32(36,37)38/h5-20,39-40H. The maximum atomic E-state index is 12.7. The number of halogens is 6. The summed E-state index contributed by atoms with van der Waals surface area (Å²) in [4.78, 5) is 1.24. The number of hydrogen-bond acceptors (Lipinski definition) is 2. The highest BCUT2D eigenvalue weighted by molar-refractivity contribution is 7.96. The van der Waals surface area contributed by atoms with Crippen LogP contribution in [0.15, 0.2) is 97.1 Å². The Morgan fingerprint density at radius 1 is 0.400 bits per heavy atom. The zero-order valence-electron chi connectivity index (χ0n) is 20.4. The molecule has 40 heavy (non-hydrogen) atoms. The van der Waals surface area contributed by atoms with E-state index in [9.17, 15) is 26.3 Å². The number of rotatable bonds is 2. The van der Waals surface area contributed by atoms with Gasteiger partial charge in [0.2, 0.25) is 0 Å². The van der Waals surface area contributed by atoms with E-state index < -0.39 is 23.5 Å². The first-order valence-electron chi connectivity index (χ1n) is 11.6. The SMILES string of the molecule is FC(F)(F)c1ccc(C#Cc2ccc(C(S)=C(S)c3ccc(C#Cc4ccc(C(F)(F)F)cc4)cc3)cc2)cc1. The lowest BCUT2D eigenvalue weighted by molar-refractivity contribution is -0.138. The molecule has 0 unspecified atom stereocenters. The van der Waals surface area contributed by atoms with Gasteiger partial charge in [0.05, 0.1) is 11.1 Å². The lowest BCUT2D eigenvalue weighted by Gasteiger charge is -2.08. The van der Waals surface area contributed by atoms with Gasteiger partial charge in [0.1, 0.15) is 0 Å². The van der Waals surface area contributed by atoms with Gasteiger partial charge in [0, 0.05) is 32.1 Å².